The fourth-order valence-corrected chi connectivity index (χ4v) is 3.51. The molecular formula is C6H8F2O4S. The zero-order valence-corrected chi connectivity index (χ0v) is 7.35. The number of aliphatic carboxylic acids is 1. The standard InChI is InChI=1S/C6H8F2O4S/c7-4(8)1-6(5(9)10)2-13(11,12)3-6/h4H,1-3H2,(H,9,10). The minimum Gasteiger partial charge on any atom is -0.481 e. The van der Waals surface area contributed by atoms with Gasteiger partial charge in [0.1, 0.15) is 5.41 Å². The fourth-order valence-electron chi connectivity index (χ4n) is 1.42. The summed E-state index contributed by atoms with van der Waals surface area (Å²) in [5.74, 6) is -2.79. The van der Waals surface area contributed by atoms with Crippen LogP contribution in [-0.2, 0) is 14.6 Å². The highest BCUT2D eigenvalue weighted by atomic mass is 32.2. The molecule has 13 heavy (non-hydrogen) atoms. The molecule has 1 aliphatic heterocycles. The quantitative estimate of drug-likeness (QED) is 0.725. The maximum Gasteiger partial charge on any atom is 0.311 e. The number of sulfone groups is 1. The summed E-state index contributed by atoms with van der Waals surface area (Å²) in [6, 6.07) is 0. The van der Waals surface area contributed by atoms with Crippen LogP contribution in [0.1, 0.15) is 6.42 Å². The van der Waals surface area contributed by atoms with Gasteiger partial charge in [-0.05, 0) is 0 Å². The first-order chi connectivity index (χ1) is 5.77. The lowest BCUT2D eigenvalue weighted by Crippen LogP contribution is -2.54. The van der Waals surface area contributed by atoms with Crippen molar-refractivity contribution in [3.05, 3.63) is 0 Å². The van der Waals surface area contributed by atoms with Gasteiger partial charge in [-0.2, -0.15) is 0 Å². The van der Waals surface area contributed by atoms with E-state index in [0.29, 0.717) is 0 Å². The van der Waals surface area contributed by atoms with Crippen molar-refractivity contribution in [1.29, 1.82) is 0 Å². The van der Waals surface area contributed by atoms with Crippen LogP contribution in [0, 0.1) is 5.41 Å². The van der Waals surface area contributed by atoms with Gasteiger partial charge in [-0.1, -0.05) is 0 Å². The lowest BCUT2D eigenvalue weighted by atomic mass is 9.88. The van der Waals surface area contributed by atoms with Crippen LogP contribution < -0.4 is 0 Å². The van der Waals surface area contributed by atoms with Crippen molar-refractivity contribution in [2.45, 2.75) is 12.8 Å². The molecule has 0 saturated carbocycles. The van der Waals surface area contributed by atoms with Crippen LogP contribution in [0.25, 0.3) is 0 Å². The molecule has 1 fully saturated rings. The molecule has 0 aromatic heterocycles. The Morgan fingerprint density at radius 2 is 1.92 bits per heavy atom. The van der Waals surface area contributed by atoms with Crippen molar-refractivity contribution < 1.29 is 27.1 Å². The number of rotatable bonds is 3. The smallest absolute Gasteiger partial charge is 0.311 e. The third-order valence-electron chi connectivity index (χ3n) is 1.99. The van der Waals surface area contributed by atoms with Gasteiger partial charge in [0, 0.05) is 6.42 Å². The van der Waals surface area contributed by atoms with E-state index < -0.39 is 45.6 Å². The molecule has 0 unspecified atom stereocenters. The van der Waals surface area contributed by atoms with Crippen LogP contribution in [0.2, 0.25) is 0 Å². The molecule has 0 aromatic carbocycles. The molecule has 0 bridgehead atoms. The molecule has 0 aromatic rings. The average Bonchev–Trinajstić information content (AvgIpc) is 1.80. The molecule has 1 aliphatic rings. The van der Waals surface area contributed by atoms with E-state index in [1.807, 2.05) is 0 Å². The Balaban J connectivity index is 2.77. The first-order valence-electron chi connectivity index (χ1n) is 3.49. The molecule has 0 radical (unpaired) electrons. The van der Waals surface area contributed by atoms with Crippen molar-refractivity contribution in [3.63, 3.8) is 0 Å². The van der Waals surface area contributed by atoms with Crippen LogP contribution in [-0.4, -0.2) is 37.4 Å². The zero-order chi connectivity index (χ0) is 10.3. The third-order valence-corrected chi connectivity index (χ3v) is 3.98. The van der Waals surface area contributed by atoms with Crippen molar-refractivity contribution in [3.8, 4) is 0 Å². The number of carbonyl (C=O) groups is 1. The summed E-state index contributed by atoms with van der Waals surface area (Å²) in [7, 11) is -3.39. The molecule has 0 spiro atoms. The first-order valence-corrected chi connectivity index (χ1v) is 5.32. The Morgan fingerprint density at radius 1 is 1.46 bits per heavy atom. The van der Waals surface area contributed by atoms with Crippen LogP contribution in [0.4, 0.5) is 8.78 Å². The van der Waals surface area contributed by atoms with Crippen LogP contribution in [0.15, 0.2) is 0 Å². The van der Waals surface area contributed by atoms with E-state index in [1.54, 1.807) is 0 Å². The van der Waals surface area contributed by atoms with Gasteiger partial charge in [-0.25, -0.2) is 17.2 Å². The topological polar surface area (TPSA) is 71.4 Å². The summed E-state index contributed by atoms with van der Waals surface area (Å²) < 4.78 is 45.2. The second kappa shape index (κ2) is 2.90. The Labute approximate surface area is 73.5 Å². The predicted octanol–water partition coefficient (Wildman–Crippen LogP) is 0.141. The van der Waals surface area contributed by atoms with Gasteiger partial charge in [-0.15, -0.1) is 0 Å². The molecule has 0 amide bonds. The second-order valence-corrected chi connectivity index (χ2v) is 5.28. The van der Waals surface area contributed by atoms with Crippen molar-refractivity contribution >= 4 is 15.8 Å². The lowest BCUT2D eigenvalue weighted by Gasteiger charge is -2.36. The summed E-state index contributed by atoms with van der Waals surface area (Å²) in [6.45, 7) is 0. The number of carboxylic acids is 1. The second-order valence-electron chi connectivity index (χ2n) is 3.21. The maximum atomic E-state index is 11.9. The molecule has 0 atom stereocenters. The highest BCUT2D eigenvalue weighted by molar-refractivity contribution is 7.93. The largest absolute Gasteiger partial charge is 0.481 e. The molecule has 1 heterocycles. The molecule has 1 rings (SSSR count). The number of halogens is 2. The summed E-state index contributed by atoms with van der Waals surface area (Å²) in [4.78, 5) is 10.5. The molecule has 4 nitrogen and oxygen atoms in total. The number of alkyl halides is 2. The number of hydrogen-bond acceptors (Lipinski definition) is 3. The van der Waals surface area contributed by atoms with Gasteiger partial charge >= 0.3 is 5.97 Å². The summed E-state index contributed by atoms with van der Waals surface area (Å²) in [6.07, 6.45) is -3.67. The first kappa shape index (κ1) is 10.4. The lowest BCUT2D eigenvalue weighted by molar-refractivity contribution is -0.149. The SMILES string of the molecule is O=C(O)C1(CC(F)F)CS(=O)(=O)C1. The van der Waals surface area contributed by atoms with Gasteiger partial charge in [0.25, 0.3) is 0 Å². The third kappa shape index (κ3) is 1.96. The number of hydrogen-bond donors (Lipinski definition) is 1. The van der Waals surface area contributed by atoms with Gasteiger partial charge in [-0.3, -0.25) is 4.79 Å². The van der Waals surface area contributed by atoms with Crippen molar-refractivity contribution in [1.82, 2.24) is 0 Å². The van der Waals surface area contributed by atoms with Crippen molar-refractivity contribution in [2.75, 3.05) is 11.5 Å². The predicted molar refractivity (Wildman–Crippen MR) is 39.3 cm³/mol. The summed E-state index contributed by atoms with van der Waals surface area (Å²) >= 11 is 0. The van der Waals surface area contributed by atoms with E-state index in [0.717, 1.165) is 0 Å². The van der Waals surface area contributed by atoms with Gasteiger partial charge in [0.2, 0.25) is 6.43 Å². The highest BCUT2D eigenvalue weighted by Crippen LogP contribution is 2.38. The molecule has 0 aliphatic carbocycles. The Bertz CT molecular complexity index is 310. The summed E-state index contributed by atoms with van der Waals surface area (Å²) in [5.41, 5.74) is -1.74. The van der Waals surface area contributed by atoms with E-state index in [4.69, 9.17) is 5.11 Å². The van der Waals surface area contributed by atoms with Gasteiger partial charge in [0.05, 0.1) is 11.5 Å². The molecule has 1 saturated heterocycles. The highest BCUT2D eigenvalue weighted by Gasteiger charge is 2.55. The molecule has 76 valence electrons. The number of carboxylic acid groups (broad SMARTS) is 1. The summed E-state index contributed by atoms with van der Waals surface area (Å²) in [5, 5.41) is 8.57. The fraction of sp³-hybridized carbons (Fsp3) is 0.833. The van der Waals surface area contributed by atoms with Crippen LogP contribution in [0.5, 0.6) is 0 Å². The monoisotopic (exact) mass is 214 g/mol. The van der Waals surface area contributed by atoms with E-state index in [-0.39, 0.29) is 0 Å². The van der Waals surface area contributed by atoms with Crippen LogP contribution in [0.3, 0.4) is 0 Å². The molecule has 1 N–H and O–H groups in total. The minimum atomic E-state index is -3.39. The van der Waals surface area contributed by atoms with Gasteiger partial charge in [0.15, 0.2) is 9.84 Å². The maximum absolute atomic E-state index is 11.9. The van der Waals surface area contributed by atoms with E-state index in [1.165, 1.54) is 0 Å². The molecule has 7 heteroatoms. The van der Waals surface area contributed by atoms with Crippen LogP contribution >= 0.6 is 0 Å². The average molecular weight is 214 g/mol. The van der Waals surface area contributed by atoms with E-state index in [9.17, 15) is 22.0 Å². The van der Waals surface area contributed by atoms with E-state index in [2.05, 4.69) is 0 Å². The normalized spacial score (nSPS) is 23.9. The zero-order valence-electron chi connectivity index (χ0n) is 6.53. The Morgan fingerprint density at radius 3 is 2.15 bits per heavy atom. The Hall–Kier alpha value is -0.720. The Kier molecular flexibility index (Phi) is 2.31. The minimum absolute atomic E-state index is 0.667. The van der Waals surface area contributed by atoms with E-state index >= 15 is 0 Å². The molecular weight excluding hydrogens is 206 g/mol. The van der Waals surface area contributed by atoms with Gasteiger partial charge < -0.3 is 5.11 Å². The van der Waals surface area contributed by atoms with Crippen molar-refractivity contribution in [2.24, 2.45) is 5.41 Å².